The van der Waals surface area contributed by atoms with Crippen molar-refractivity contribution in [2.45, 2.75) is 38.8 Å². The second-order valence-corrected chi connectivity index (χ2v) is 7.29. The van der Waals surface area contributed by atoms with E-state index in [0.717, 1.165) is 48.5 Å². The maximum atomic E-state index is 13.1. The molecule has 0 fully saturated rings. The van der Waals surface area contributed by atoms with Gasteiger partial charge in [0.1, 0.15) is 11.5 Å². The number of nitrogens with zero attached hydrogens (tertiary/aromatic N) is 5. The average molecular weight is 386 g/mol. The van der Waals surface area contributed by atoms with Gasteiger partial charge < -0.3 is 9.88 Å². The summed E-state index contributed by atoms with van der Waals surface area (Å²) in [5.41, 5.74) is 3.36. The van der Waals surface area contributed by atoms with E-state index in [-0.39, 0.29) is 5.91 Å². The van der Waals surface area contributed by atoms with Gasteiger partial charge in [-0.2, -0.15) is 0 Å². The number of rotatable bonds is 4. The number of pyridine rings is 1. The molecule has 0 saturated heterocycles. The van der Waals surface area contributed by atoms with Gasteiger partial charge in [-0.05, 0) is 31.4 Å². The Morgan fingerprint density at radius 3 is 2.76 bits per heavy atom. The maximum absolute atomic E-state index is 13.1. The Hall–Kier alpha value is -3.48. The molecule has 1 N–H and O–H groups in total. The minimum absolute atomic E-state index is 0.162. The van der Waals surface area contributed by atoms with Crippen LogP contribution in [-0.2, 0) is 19.5 Å². The predicted molar refractivity (Wildman–Crippen MR) is 109 cm³/mol. The predicted octanol–water partition coefficient (Wildman–Crippen LogP) is 3.25. The first-order chi connectivity index (χ1) is 14.3. The summed E-state index contributed by atoms with van der Waals surface area (Å²) in [6.45, 7) is 1.20. The highest BCUT2D eigenvalue weighted by Crippen LogP contribution is 2.27. The number of nitrogens with one attached hydrogen (secondary N) is 1. The normalized spacial score (nSPS) is 13.8. The second-order valence-electron chi connectivity index (χ2n) is 7.29. The lowest BCUT2D eigenvalue weighted by atomic mass is 10.1. The molecule has 29 heavy (non-hydrogen) atoms. The Labute approximate surface area is 168 Å². The molecule has 1 amide bonds. The molecule has 7 heteroatoms. The van der Waals surface area contributed by atoms with Crippen molar-refractivity contribution in [3.63, 3.8) is 0 Å². The number of amides is 1. The van der Waals surface area contributed by atoms with Crippen molar-refractivity contribution >= 4 is 11.6 Å². The molecule has 0 spiro atoms. The summed E-state index contributed by atoms with van der Waals surface area (Å²) in [6, 6.07) is 15.8. The number of carbonyl (C=O) groups is 1. The third-order valence-corrected chi connectivity index (χ3v) is 5.41. The summed E-state index contributed by atoms with van der Waals surface area (Å²) >= 11 is 0. The van der Waals surface area contributed by atoms with E-state index < -0.39 is 0 Å². The van der Waals surface area contributed by atoms with Crippen molar-refractivity contribution in [1.29, 1.82) is 0 Å². The van der Waals surface area contributed by atoms with Crippen LogP contribution in [0.4, 0.5) is 0 Å². The van der Waals surface area contributed by atoms with Crippen molar-refractivity contribution < 1.29 is 4.79 Å². The lowest BCUT2D eigenvalue weighted by molar-refractivity contribution is 0.0944. The van der Waals surface area contributed by atoms with Crippen molar-refractivity contribution in [2.24, 2.45) is 0 Å². The maximum Gasteiger partial charge on any atom is 0.272 e. The highest BCUT2D eigenvalue weighted by Gasteiger charge is 2.24. The molecule has 1 aliphatic heterocycles. The summed E-state index contributed by atoms with van der Waals surface area (Å²) in [5.74, 6) is 1.41. The van der Waals surface area contributed by atoms with Crippen LogP contribution in [0, 0.1) is 0 Å². The largest absolute Gasteiger partial charge is 0.343 e. The van der Waals surface area contributed by atoms with Crippen LogP contribution < -0.4 is 5.32 Å². The van der Waals surface area contributed by atoms with E-state index in [4.69, 9.17) is 4.98 Å². The van der Waals surface area contributed by atoms with Gasteiger partial charge in [0.05, 0.1) is 12.2 Å². The molecule has 0 radical (unpaired) electrons. The number of imidazole rings is 1. The lowest BCUT2D eigenvalue weighted by Gasteiger charge is -2.09. The summed E-state index contributed by atoms with van der Waals surface area (Å²) in [4.78, 5) is 17.8. The number of hydrogen-bond donors (Lipinski definition) is 1. The first-order valence-electron chi connectivity index (χ1n) is 10.0. The standard InChI is InChI=1S/C22H22N6O/c29-22(23-15-19-26-25-18-12-6-8-14-28(18)19)20-17-11-5-2-7-13-27(17)21(24-20)16-9-3-1-4-10-16/h1,3-4,6,8-10,12,14H,2,5,7,11,13,15H2,(H,23,29). The molecule has 146 valence electrons. The fourth-order valence-electron chi connectivity index (χ4n) is 3.96. The zero-order valence-corrected chi connectivity index (χ0v) is 16.1. The van der Waals surface area contributed by atoms with Gasteiger partial charge in [-0.3, -0.25) is 9.20 Å². The van der Waals surface area contributed by atoms with E-state index >= 15 is 0 Å². The van der Waals surface area contributed by atoms with Crippen LogP contribution in [0.15, 0.2) is 54.7 Å². The Kier molecular flexibility index (Phi) is 4.56. The number of hydrogen-bond acceptors (Lipinski definition) is 4. The van der Waals surface area contributed by atoms with Crippen LogP contribution in [-0.4, -0.2) is 30.1 Å². The molecule has 0 saturated carbocycles. The number of fused-ring (bicyclic) bond motifs is 2. The quantitative estimate of drug-likeness (QED) is 0.584. The van der Waals surface area contributed by atoms with Crippen LogP contribution in [0.25, 0.3) is 17.0 Å². The van der Waals surface area contributed by atoms with E-state index in [1.54, 1.807) is 0 Å². The summed E-state index contributed by atoms with van der Waals surface area (Å²) in [7, 11) is 0. The van der Waals surface area contributed by atoms with Crippen LogP contribution in [0.2, 0.25) is 0 Å². The molecule has 4 heterocycles. The van der Waals surface area contributed by atoms with Crippen LogP contribution in [0.3, 0.4) is 0 Å². The highest BCUT2D eigenvalue weighted by molar-refractivity contribution is 5.94. The molecule has 3 aromatic heterocycles. The molecule has 5 rings (SSSR count). The van der Waals surface area contributed by atoms with Crippen LogP contribution in [0.5, 0.6) is 0 Å². The zero-order valence-electron chi connectivity index (χ0n) is 16.1. The number of aromatic nitrogens is 5. The third-order valence-electron chi connectivity index (χ3n) is 5.41. The van der Waals surface area contributed by atoms with Crippen molar-refractivity contribution in [3.05, 3.63) is 71.9 Å². The van der Waals surface area contributed by atoms with E-state index in [1.807, 2.05) is 59.1 Å². The minimum atomic E-state index is -0.162. The van der Waals surface area contributed by atoms with Gasteiger partial charge in [-0.15, -0.1) is 10.2 Å². The fraction of sp³-hybridized carbons (Fsp3) is 0.273. The van der Waals surface area contributed by atoms with Gasteiger partial charge in [0, 0.05) is 18.3 Å². The molecule has 0 aliphatic carbocycles. The number of benzene rings is 1. The molecule has 1 aliphatic rings. The Balaban J connectivity index is 1.45. The SMILES string of the molecule is O=C(NCc1nnc2ccccn12)c1nc(-c2ccccc2)n2c1CCCCC2. The van der Waals surface area contributed by atoms with Crippen LogP contribution >= 0.6 is 0 Å². The molecular weight excluding hydrogens is 364 g/mol. The smallest absolute Gasteiger partial charge is 0.272 e. The lowest BCUT2D eigenvalue weighted by Crippen LogP contribution is -2.25. The third kappa shape index (κ3) is 3.29. The average Bonchev–Trinajstić information content (AvgIpc) is 3.26. The molecule has 0 atom stereocenters. The van der Waals surface area contributed by atoms with Crippen molar-refractivity contribution in [2.75, 3.05) is 0 Å². The van der Waals surface area contributed by atoms with E-state index in [1.165, 1.54) is 6.42 Å². The Morgan fingerprint density at radius 2 is 1.86 bits per heavy atom. The molecular formula is C22H22N6O. The zero-order chi connectivity index (χ0) is 19.6. The van der Waals surface area contributed by atoms with Crippen molar-refractivity contribution in [1.82, 2.24) is 29.5 Å². The first-order valence-corrected chi connectivity index (χ1v) is 10.0. The summed E-state index contributed by atoms with van der Waals surface area (Å²) in [5, 5.41) is 11.3. The van der Waals surface area contributed by atoms with Crippen molar-refractivity contribution in [3.8, 4) is 11.4 Å². The monoisotopic (exact) mass is 386 g/mol. The minimum Gasteiger partial charge on any atom is -0.343 e. The topological polar surface area (TPSA) is 77.1 Å². The first kappa shape index (κ1) is 17.6. The van der Waals surface area contributed by atoms with Gasteiger partial charge in [-0.25, -0.2) is 4.98 Å². The molecule has 4 aromatic rings. The molecule has 1 aromatic carbocycles. The van der Waals surface area contributed by atoms with E-state index in [9.17, 15) is 4.79 Å². The summed E-state index contributed by atoms with van der Waals surface area (Å²) in [6.07, 6.45) is 6.12. The van der Waals surface area contributed by atoms with E-state index in [2.05, 4.69) is 20.1 Å². The Morgan fingerprint density at radius 1 is 1.00 bits per heavy atom. The molecule has 7 nitrogen and oxygen atoms in total. The second kappa shape index (κ2) is 7.50. The number of carbonyl (C=O) groups excluding carboxylic acids is 1. The fourth-order valence-corrected chi connectivity index (χ4v) is 3.96. The summed E-state index contributed by atoms with van der Waals surface area (Å²) < 4.78 is 4.10. The van der Waals surface area contributed by atoms with Gasteiger partial charge in [-0.1, -0.05) is 42.8 Å². The molecule has 0 unspecified atom stereocenters. The molecule has 0 bridgehead atoms. The van der Waals surface area contributed by atoms with Crippen LogP contribution in [0.1, 0.15) is 41.3 Å². The van der Waals surface area contributed by atoms with Gasteiger partial charge in [0.2, 0.25) is 0 Å². The highest BCUT2D eigenvalue weighted by atomic mass is 16.1. The van der Waals surface area contributed by atoms with E-state index in [0.29, 0.717) is 18.1 Å². The van der Waals surface area contributed by atoms with Gasteiger partial charge in [0.15, 0.2) is 11.5 Å². The Bertz CT molecular complexity index is 1160. The van der Waals surface area contributed by atoms with Gasteiger partial charge >= 0.3 is 0 Å². The van der Waals surface area contributed by atoms with Gasteiger partial charge in [0.25, 0.3) is 5.91 Å².